The van der Waals surface area contributed by atoms with Crippen molar-refractivity contribution in [2.45, 2.75) is 24.8 Å². The molecule has 9 heteroatoms. The lowest BCUT2D eigenvalue weighted by Gasteiger charge is -2.10. The zero-order chi connectivity index (χ0) is 22.0. The van der Waals surface area contributed by atoms with Crippen molar-refractivity contribution in [1.82, 2.24) is 19.6 Å². The molecule has 4 rings (SSSR count). The van der Waals surface area contributed by atoms with Crippen molar-refractivity contribution >= 4 is 46.0 Å². The zero-order valence-corrected chi connectivity index (χ0v) is 18.1. The quantitative estimate of drug-likeness (QED) is 0.362. The van der Waals surface area contributed by atoms with Crippen LogP contribution in [0.1, 0.15) is 35.9 Å². The highest BCUT2D eigenvalue weighted by molar-refractivity contribution is 8.00. The summed E-state index contributed by atoms with van der Waals surface area (Å²) in [4.78, 5) is 28.7. The molecule has 158 valence electrons. The number of ether oxygens (including phenoxy) is 1. The summed E-state index contributed by atoms with van der Waals surface area (Å²) in [5, 5.41) is 12.2. The summed E-state index contributed by atoms with van der Waals surface area (Å²) in [6, 6.07) is 14.3. The molecule has 1 amide bonds. The van der Waals surface area contributed by atoms with E-state index in [2.05, 4.69) is 34.1 Å². The van der Waals surface area contributed by atoms with Crippen LogP contribution in [0, 0.1) is 0 Å². The highest BCUT2D eigenvalue weighted by Crippen LogP contribution is 2.27. The number of methoxy groups -OCH3 is 1. The molecule has 2 aromatic carbocycles. The summed E-state index contributed by atoms with van der Waals surface area (Å²) in [6.45, 7) is 4.13. The first kappa shape index (κ1) is 20.8. The first-order chi connectivity index (χ1) is 15.0. The van der Waals surface area contributed by atoms with Gasteiger partial charge in [0.1, 0.15) is 10.9 Å². The number of hydrogen-bond acceptors (Lipinski definition) is 7. The van der Waals surface area contributed by atoms with Crippen molar-refractivity contribution in [3.05, 3.63) is 59.9 Å². The van der Waals surface area contributed by atoms with Crippen LogP contribution >= 0.6 is 11.8 Å². The van der Waals surface area contributed by atoms with Crippen molar-refractivity contribution in [3.63, 3.8) is 0 Å². The van der Waals surface area contributed by atoms with Crippen molar-refractivity contribution in [1.29, 1.82) is 0 Å². The van der Waals surface area contributed by atoms with E-state index in [1.165, 1.54) is 18.9 Å². The van der Waals surface area contributed by atoms with Gasteiger partial charge in [-0.1, -0.05) is 37.7 Å². The Kier molecular flexibility index (Phi) is 5.85. The average Bonchev–Trinajstić information content (AvgIpc) is 3.23. The molecular formula is C22H21N5O3S. The van der Waals surface area contributed by atoms with Crippen LogP contribution in [0.5, 0.6) is 0 Å². The molecule has 0 unspecified atom stereocenters. The van der Waals surface area contributed by atoms with E-state index in [0.29, 0.717) is 21.9 Å². The third-order valence-corrected chi connectivity index (χ3v) is 5.62. The number of amides is 1. The van der Waals surface area contributed by atoms with E-state index in [9.17, 15) is 9.59 Å². The SMILES string of the molecule is COC(=O)c1ccc(NC(=O)CSc2nc3ccccc3n3c(C(C)C)nnc23)cc1. The number of esters is 1. The van der Waals surface area contributed by atoms with E-state index >= 15 is 0 Å². The molecule has 0 bridgehead atoms. The van der Waals surface area contributed by atoms with Gasteiger partial charge in [0.05, 0.1) is 29.5 Å². The van der Waals surface area contributed by atoms with Gasteiger partial charge in [0.2, 0.25) is 5.91 Å². The Bertz CT molecular complexity index is 1270. The molecule has 0 atom stereocenters. The number of rotatable bonds is 6. The van der Waals surface area contributed by atoms with Crippen LogP contribution in [-0.2, 0) is 9.53 Å². The molecule has 8 nitrogen and oxygen atoms in total. The van der Waals surface area contributed by atoms with E-state index < -0.39 is 5.97 Å². The third-order valence-electron chi connectivity index (χ3n) is 4.67. The van der Waals surface area contributed by atoms with Crippen molar-refractivity contribution in [3.8, 4) is 0 Å². The lowest BCUT2D eigenvalue weighted by molar-refractivity contribution is -0.113. The predicted molar refractivity (Wildman–Crippen MR) is 120 cm³/mol. The summed E-state index contributed by atoms with van der Waals surface area (Å²) in [5.41, 5.74) is 3.41. The molecule has 0 radical (unpaired) electrons. The number of carbonyl (C=O) groups is 2. The van der Waals surface area contributed by atoms with Crippen LogP contribution in [0.4, 0.5) is 5.69 Å². The Balaban J connectivity index is 1.54. The van der Waals surface area contributed by atoms with Gasteiger partial charge in [-0.2, -0.15) is 0 Å². The topological polar surface area (TPSA) is 98.5 Å². The molecule has 0 saturated carbocycles. The molecule has 2 heterocycles. The molecule has 1 N–H and O–H groups in total. The molecule has 0 aliphatic rings. The number of hydrogen-bond donors (Lipinski definition) is 1. The number of aromatic nitrogens is 4. The first-order valence-electron chi connectivity index (χ1n) is 9.72. The minimum absolute atomic E-state index is 0.156. The standard InChI is InChI=1S/C22H21N5O3S/c1-13(2)19-25-26-20-21(24-16-6-4-5-7-17(16)27(19)20)31-12-18(28)23-15-10-8-14(9-11-15)22(29)30-3/h4-11,13H,12H2,1-3H3,(H,23,28). The van der Waals surface area contributed by atoms with Gasteiger partial charge >= 0.3 is 5.97 Å². The molecule has 2 aromatic heterocycles. The smallest absolute Gasteiger partial charge is 0.337 e. The first-order valence-corrected chi connectivity index (χ1v) is 10.7. The maximum Gasteiger partial charge on any atom is 0.337 e. The van der Waals surface area contributed by atoms with E-state index in [-0.39, 0.29) is 17.6 Å². The summed E-state index contributed by atoms with van der Waals surface area (Å²) >= 11 is 1.31. The molecule has 0 aliphatic carbocycles. The maximum atomic E-state index is 12.5. The minimum atomic E-state index is -0.422. The van der Waals surface area contributed by atoms with Crippen molar-refractivity contribution < 1.29 is 14.3 Å². The predicted octanol–water partition coefficient (Wildman–Crippen LogP) is 3.92. The fraction of sp³-hybridized carbons (Fsp3) is 0.227. The van der Waals surface area contributed by atoms with Gasteiger partial charge in [0.25, 0.3) is 0 Å². The Hall–Kier alpha value is -3.46. The maximum absolute atomic E-state index is 12.5. The molecule has 0 saturated heterocycles. The molecule has 0 spiro atoms. The van der Waals surface area contributed by atoms with Crippen LogP contribution in [0.15, 0.2) is 53.6 Å². The van der Waals surface area contributed by atoms with Crippen molar-refractivity contribution in [2.75, 3.05) is 18.2 Å². The third kappa shape index (κ3) is 4.22. The summed E-state index contributed by atoms with van der Waals surface area (Å²) in [6.07, 6.45) is 0. The van der Waals surface area contributed by atoms with E-state index in [1.54, 1.807) is 24.3 Å². The molecule has 0 fully saturated rings. The van der Waals surface area contributed by atoms with Gasteiger partial charge in [0, 0.05) is 11.6 Å². The second kappa shape index (κ2) is 8.73. The molecule has 31 heavy (non-hydrogen) atoms. The van der Waals surface area contributed by atoms with E-state index in [1.807, 2.05) is 28.7 Å². The molecule has 4 aromatic rings. The van der Waals surface area contributed by atoms with E-state index in [0.717, 1.165) is 16.9 Å². The Morgan fingerprint density at radius 2 is 1.84 bits per heavy atom. The monoisotopic (exact) mass is 435 g/mol. The van der Waals surface area contributed by atoms with Gasteiger partial charge in [-0.25, -0.2) is 9.78 Å². The lowest BCUT2D eigenvalue weighted by atomic mass is 10.2. The zero-order valence-electron chi connectivity index (χ0n) is 17.3. The van der Waals surface area contributed by atoms with Gasteiger partial charge < -0.3 is 10.1 Å². The normalized spacial score (nSPS) is 11.2. The van der Waals surface area contributed by atoms with Crippen LogP contribution in [0.3, 0.4) is 0 Å². The number of para-hydroxylation sites is 2. The Morgan fingerprint density at radius 1 is 1.10 bits per heavy atom. The number of thioether (sulfide) groups is 1. The van der Waals surface area contributed by atoms with Crippen molar-refractivity contribution in [2.24, 2.45) is 0 Å². The number of anilines is 1. The van der Waals surface area contributed by atoms with E-state index in [4.69, 9.17) is 4.98 Å². The summed E-state index contributed by atoms with van der Waals surface area (Å²) in [5.74, 6) is 0.589. The van der Waals surface area contributed by atoms with Gasteiger partial charge in [-0.05, 0) is 36.4 Å². The lowest BCUT2D eigenvalue weighted by Crippen LogP contribution is -2.14. The molecular weight excluding hydrogens is 414 g/mol. The van der Waals surface area contributed by atoms with Gasteiger partial charge in [-0.3, -0.25) is 9.20 Å². The Morgan fingerprint density at radius 3 is 2.55 bits per heavy atom. The van der Waals surface area contributed by atoms with Crippen LogP contribution in [0.2, 0.25) is 0 Å². The number of benzene rings is 2. The number of carbonyl (C=O) groups excluding carboxylic acids is 2. The van der Waals surface area contributed by atoms with Crippen LogP contribution in [0.25, 0.3) is 16.7 Å². The number of nitrogens with zero attached hydrogens (tertiary/aromatic N) is 4. The second-order valence-corrected chi connectivity index (χ2v) is 8.15. The van der Waals surface area contributed by atoms with Gasteiger partial charge in [0.15, 0.2) is 5.65 Å². The fourth-order valence-corrected chi connectivity index (χ4v) is 3.95. The second-order valence-electron chi connectivity index (χ2n) is 7.18. The number of fused-ring (bicyclic) bond motifs is 3. The largest absolute Gasteiger partial charge is 0.465 e. The minimum Gasteiger partial charge on any atom is -0.465 e. The fourth-order valence-electron chi connectivity index (χ4n) is 3.19. The van der Waals surface area contributed by atoms with Crippen LogP contribution < -0.4 is 5.32 Å². The highest BCUT2D eigenvalue weighted by atomic mass is 32.2. The highest BCUT2D eigenvalue weighted by Gasteiger charge is 2.18. The molecule has 0 aliphatic heterocycles. The van der Waals surface area contributed by atoms with Gasteiger partial charge in [-0.15, -0.1) is 10.2 Å². The number of nitrogens with one attached hydrogen (secondary N) is 1. The Labute approximate surface area is 183 Å². The summed E-state index contributed by atoms with van der Waals surface area (Å²) in [7, 11) is 1.33. The van der Waals surface area contributed by atoms with Crippen LogP contribution in [-0.4, -0.2) is 44.3 Å². The summed E-state index contributed by atoms with van der Waals surface area (Å²) < 4.78 is 6.69. The average molecular weight is 436 g/mol.